The number of halogens is 1. The van der Waals surface area contributed by atoms with Crippen LogP contribution in [0.15, 0.2) is 18.2 Å². The lowest BCUT2D eigenvalue weighted by Crippen LogP contribution is -2.57. The van der Waals surface area contributed by atoms with Gasteiger partial charge in [0.15, 0.2) is 0 Å². The summed E-state index contributed by atoms with van der Waals surface area (Å²) in [6, 6.07) is 4.50. The van der Waals surface area contributed by atoms with Gasteiger partial charge in [-0.25, -0.2) is 4.39 Å². The molecule has 1 aromatic rings. The zero-order chi connectivity index (χ0) is 21.5. The van der Waals surface area contributed by atoms with Gasteiger partial charge < -0.3 is 15.5 Å². The standard InChI is InChI=1S/C24H34FN3O2/c1-23(2,3)8-11-28-12-9-24(10-13-28)7-6-19(17-5-4-16(25)14-18(17)24)27-22(30)20-15-21(29)26-20/h4-5,14,19-20H,6-13,15H2,1-3H3,(H,26,29)(H,27,30)/t19-,20?/m0/s1. The number of rotatable bonds is 4. The van der Waals surface area contributed by atoms with E-state index < -0.39 is 6.04 Å². The van der Waals surface area contributed by atoms with Gasteiger partial charge >= 0.3 is 0 Å². The highest BCUT2D eigenvalue weighted by Crippen LogP contribution is 2.48. The van der Waals surface area contributed by atoms with Gasteiger partial charge in [0.2, 0.25) is 11.8 Å². The summed E-state index contributed by atoms with van der Waals surface area (Å²) in [6.07, 6.45) is 5.31. The molecule has 1 aromatic carbocycles. The summed E-state index contributed by atoms with van der Waals surface area (Å²) in [5.41, 5.74) is 2.46. The van der Waals surface area contributed by atoms with Gasteiger partial charge in [-0.1, -0.05) is 26.8 Å². The normalized spacial score (nSPS) is 25.9. The van der Waals surface area contributed by atoms with Gasteiger partial charge in [-0.2, -0.15) is 0 Å². The topological polar surface area (TPSA) is 61.4 Å². The van der Waals surface area contributed by atoms with Gasteiger partial charge in [0.1, 0.15) is 11.9 Å². The largest absolute Gasteiger partial charge is 0.347 e. The number of piperidine rings is 1. The Kier molecular flexibility index (Phi) is 5.64. The third-order valence-corrected chi connectivity index (χ3v) is 7.22. The fourth-order valence-corrected chi connectivity index (χ4v) is 5.16. The van der Waals surface area contributed by atoms with Crippen LogP contribution >= 0.6 is 0 Å². The smallest absolute Gasteiger partial charge is 0.243 e. The number of carbonyl (C=O) groups excluding carboxylic acids is 2. The van der Waals surface area contributed by atoms with E-state index in [0.29, 0.717) is 5.41 Å². The van der Waals surface area contributed by atoms with E-state index >= 15 is 0 Å². The summed E-state index contributed by atoms with van der Waals surface area (Å²) in [5, 5.41) is 5.73. The lowest BCUT2D eigenvalue weighted by Gasteiger charge is -2.47. The molecule has 2 aliphatic heterocycles. The minimum Gasteiger partial charge on any atom is -0.347 e. The third kappa shape index (κ3) is 4.39. The maximum absolute atomic E-state index is 14.2. The Morgan fingerprint density at radius 3 is 2.60 bits per heavy atom. The molecule has 0 bridgehead atoms. The van der Waals surface area contributed by atoms with Crippen molar-refractivity contribution in [3.05, 3.63) is 35.1 Å². The molecule has 5 nitrogen and oxygen atoms in total. The van der Waals surface area contributed by atoms with Gasteiger partial charge in [0.05, 0.1) is 12.5 Å². The fourth-order valence-electron chi connectivity index (χ4n) is 5.16. The summed E-state index contributed by atoms with van der Waals surface area (Å²) >= 11 is 0. The maximum atomic E-state index is 14.2. The first kappa shape index (κ1) is 21.3. The average molecular weight is 416 g/mol. The van der Waals surface area contributed by atoms with E-state index in [0.717, 1.165) is 56.4 Å². The van der Waals surface area contributed by atoms with Crippen molar-refractivity contribution in [1.82, 2.24) is 15.5 Å². The summed E-state index contributed by atoms with van der Waals surface area (Å²) < 4.78 is 14.2. The molecule has 2 atom stereocenters. The summed E-state index contributed by atoms with van der Waals surface area (Å²) in [4.78, 5) is 26.2. The molecule has 3 aliphatic rings. The van der Waals surface area contributed by atoms with Crippen LogP contribution in [0, 0.1) is 11.2 Å². The summed E-state index contributed by atoms with van der Waals surface area (Å²) in [7, 11) is 0. The Morgan fingerprint density at radius 1 is 1.27 bits per heavy atom. The number of hydrogen-bond acceptors (Lipinski definition) is 3. The van der Waals surface area contributed by atoms with Gasteiger partial charge in [-0.3, -0.25) is 9.59 Å². The lowest BCUT2D eigenvalue weighted by molar-refractivity contribution is -0.137. The highest BCUT2D eigenvalue weighted by molar-refractivity contribution is 5.97. The number of benzene rings is 1. The number of nitrogens with one attached hydrogen (secondary N) is 2. The molecule has 4 rings (SSSR count). The number of hydrogen-bond donors (Lipinski definition) is 2. The van der Waals surface area contributed by atoms with E-state index in [4.69, 9.17) is 0 Å². The Labute approximate surface area is 178 Å². The summed E-state index contributed by atoms with van der Waals surface area (Å²) in [6.45, 7) is 10.0. The number of nitrogens with zero attached hydrogens (tertiary/aromatic N) is 1. The molecule has 0 radical (unpaired) electrons. The van der Waals surface area contributed by atoms with E-state index in [1.165, 1.54) is 12.5 Å². The van der Waals surface area contributed by atoms with Crippen LogP contribution in [0.25, 0.3) is 0 Å². The maximum Gasteiger partial charge on any atom is 0.243 e. The molecule has 1 aliphatic carbocycles. The molecule has 1 unspecified atom stereocenters. The number of amides is 2. The van der Waals surface area contributed by atoms with Crippen LogP contribution in [-0.4, -0.2) is 42.4 Å². The van der Waals surface area contributed by atoms with Crippen molar-refractivity contribution < 1.29 is 14.0 Å². The molecule has 2 amide bonds. The van der Waals surface area contributed by atoms with Gasteiger partial charge in [-0.05, 0) is 85.8 Å². The Hall–Kier alpha value is -1.95. The van der Waals surface area contributed by atoms with Crippen LogP contribution in [0.2, 0.25) is 0 Å². The molecule has 1 spiro atoms. The molecule has 2 heterocycles. The number of fused-ring (bicyclic) bond motifs is 2. The molecule has 6 heteroatoms. The monoisotopic (exact) mass is 415 g/mol. The quantitative estimate of drug-likeness (QED) is 0.741. The van der Waals surface area contributed by atoms with Crippen molar-refractivity contribution in [2.45, 2.75) is 76.8 Å². The minimum absolute atomic E-state index is 0.00157. The molecular formula is C24H34FN3O2. The van der Waals surface area contributed by atoms with Crippen molar-refractivity contribution >= 4 is 11.8 Å². The van der Waals surface area contributed by atoms with Gasteiger partial charge in [-0.15, -0.1) is 0 Å². The second-order valence-electron chi connectivity index (χ2n) is 10.6. The highest BCUT2D eigenvalue weighted by Gasteiger charge is 2.43. The third-order valence-electron chi connectivity index (χ3n) is 7.22. The van der Waals surface area contributed by atoms with E-state index in [9.17, 15) is 14.0 Å². The van der Waals surface area contributed by atoms with Crippen molar-refractivity contribution in [2.24, 2.45) is 5.41 Å². The minimum atomic E-state index is -0.427. The van der Waals surface area contributed by atoms with Crippen molar-refractivity contribution in [3.63, 3.8) is 0 Å². The second-order valence-corrected chi connectivity index (χ2v) is 10.6. The Bertz CT molecular complexity index is 816. The van der Waals surface area contributed by atoms with E-state index in [1.54, 1.807) is 6.07 Å². The molecule has 2 fully saturated rings. The molecule has 0 saturated carbocycles. The Balaban J connectivity index is 1.47. The first-order valence-electron chi connectivity index (χ1n) is 11.3. The predicted molar refractivity (Wildman–Crippen MR) is 114 cm³/mol. The van der Waals surface area contributed by atoms with Crippen LogP contribution in [0.4, 0.5) is 4.39 Å². The molecule has 30 heavy (non-hydrogen) atoms. The zero-order valence-corrected chi connectivity index (χ0v) is 18.4. The predicted octanol–water partition coefficient (Wildman–Crippen LogP) is 3.44. The summed E-state index contributed by atoms with van der Waals surface area (Å²) in [5.74, 6) is -0.428. The molecule has 2 saturated heterocycles. The first-order valence-corrected chi connectivity index (χ1v) is 11.3. The van der Waals surface area contributed by atoms with Gasteiger partial charge in [0, 0.05) is 0 Å². The lowest BCUT2D eigenvalue weighted by atomic mass is 9.63. The molecule has 2 N–H and O–H groups in total. The highest BCUT2D eigenvalue weighted by atomic mass is 19.1. The van der Waals surface area contributed by atoms with E-state index in [2.05, 4.69) is 36.3 Å². The zero-order valence-electron chi connectivity index (χ0n) is 18.4. The molecule has 0 aromatic heterocycles. The van der Waals surface area contributed by atoms with Crippen molar-refractivity contribution in [2.75, 3.05) is 19.6 Å². The SMILES string of the molecule is CC(C)(C)CCN1CCC2(CC[C@H](NC(=O)C3CC(=O)N3)c3ccc(F)cc32)CC1. The van der Waals surface area contributed by atoms with Crippen LogP contribution in [0.1, 0.15) is 76.5 Å². The van der Waals surface area contributed by atoms with Crippen LogP contribution < -0.4 is 10.6 Å². The van der Waals surface area contributed by atoms with Crippen molar-refractivity contribution in [3.8, 4) is 0 Å². The van der Waals surface area contributed by atoms with Crippen LogP contribution in [0.5, 0.6) is 0 Å². The van der Waals surface area contributed by atoms with Crippen molar-refractivity contribution in [1.29, 1.82) is 0 Å². The van der Waals surface area contributed by atoms with Gasteiger partial charge in [0.25, 0.3) is 0 Å². The second kappa shape index (κ2) is 7.95. The number of β-lactam (4-membered cyclic amide) rings is 1. The number of carbonyl (C=O) groups is 2. The first-order chi connectivity index (χ1) is 14.2. The fraction of sp³-hybridized carbons (Fsp3) is 0.667. The van der Waals surface area contributed by atoms with E-state index in [1.807, 2.05) is 6.07 Å². The van der Waals surface area contributed by atoms with Crippen LogP contribution in [0.3, 0.4) is 0 Å². The molecular weight excluding hydrogens is 381 g/mol. The van der Waals surface area contributed by atoms with Crippen LogP contribution in [-0.2, 0) is 15.0 Å². The molecule has 164 valence electrons. The van der Waals surface area contributed by atoms with E-state index in [-0.39, 0.29) is 35.5 Å². The average Bonchev–Trinajstić information content (AvgIpc) is 2.67. The number of likely N-dealkylation sites (tertiary alicyclic amines) is 1. The Morgan fingerprint density at radius 2 is 1.97 bits per heavy atom.